The molecule has 0 radical (unpaired) electrons. The Balaban J connectivity index is -0.00000544. The Bertz CT molecular complexity index is 560. The standard InChI is InChI=1S/C28H56O5S.Na.H/c1-3-5-7-9-10-11-12-13-14-15-16-17-18-19-21-22-24-27(26-34(30,31)32)33-28(29)25-23-20-8-6-4-2;;/h27H,3-26H2,1-2H3,(H,30,31,32);;/q;+1;-1. The van der Waals surface area contributed by atoms with Gasteiger partial charge in [-0.15, -0.1) is 0 Å². The van der Waals surface area contributed by atoms with E-state index in [0.717, 1.165) is 44.9 Å². The van der Waals surface area contributed by atoms with Crippen molar-refractivity contribution in [2.24, 2.45) is 0 Å². The maximum Gasteiger partial charge on any atom is 1.00 e. The van der Waals surface area contributed by atoms with E-state index in [2.05, 4.69) is 13.8 Å². The van der Waals surface area contributed by atoms with Crippen molar-refractivity contribution in [1.29, 1.82) is 0 Å². The van der Waals surface area contributed by atoms with E-state index in [1.54, 1.807) is 0 Å². The number of rotatable bonds is 26. The van der Waals surface area contributed by atoms with Crippen LogP contribution in [0, 0.1) is 0 Å². The third-order valence-corrected chi connectivity index (χ3v) is 7.35. The molecule has 0 aromatic rings. The first-order valence-corrected chi connectivity index (χ1v) is 16.1. The summed E-state index contributed by atoms with van der Waals surface area (Å²) in [6.45, 7) is 4.41. The van der Waals surface area contributed by atoms with E-state index < -0.39 is 22.0 Å². The van der Waals surface area contributed by atoms with Gasteiger partial charge in [-0.05, 0) is 19.3 Å². The van der Waals surface area contributed by atoms with Crippen molar-refractivity contribution < 1.29 is 53.5 Å². The van der Waals surface area contributed by atoms with Gasteiger partial charge in [-0.2, -0.15) is 8.42 Å². The van der Waals surface area contributed by atoms with E-state index in [-0.39, 0.29) is 37.0 Å². The fourth-order valence-electron chi connectivity index (χ4n) is 4.45. The number of hydrogen-bond acceptors (Lipinski definition) is 4. The summed E-state index contributed by atoms with van der Waals surface area (Å²) in [5.41, 5.74) is 0. The summed E-state index contributed by atoms with van der Waals surface area (Å²) in [7, 11) is -4.15. The molecule has 0 aromatic heterocycles. The van der Waals surface area contributed by atoms with Crippen LogP contribution in [-0.2, 0) is 19.6 Å². The molecule has 1 unspecified atom stereocenters. The van der Waals surface area contributed by atoms with Crippen molar-refractivity contribution in [3.63, 3.8) is 0 Å². The molecule has 0 aromatic carbocycles. The Morgan fingerprint density at radius 3 is 1.37 bits per heavy atom. The third kappa shape index (κ3) is 30.5. The summed E-state index contributed by atoms with van der Waals surface area (Å²) in [4.78, 5) is 12.0. The Hall–Kier alpha value is 0.380. The number of carbonyl (C=O) groups is 1. The summed E-state index contributed by atoms with van der Waals surface area (Å²) in [6, 6.07) is 0. The summed E-state index contributed by atoms with van der Waals surface area (Å²) < 4.78 is 37.2. The maximum atomic E-state index is 12.0. The van der Waals surface area contributed by atoms with Crippen LogP contribution in [-0.4, -0.2) is 30.8 Å². The topological polar surface area (TPSA) is 80.7 Å². The van der Waals surface area contributed by atoms with E-state index in [0.29, 0.717) is 12.8 Å². The second-order valence-electron chi connectivity index (χ2n) is 10.1. The zero-order valence-corrected chi connectivity index (χ0v) is 26.4. The van der Waals surface area contributed by atoms with Crippen LogP contribution in [0.3, 0.4) is 0 Å². The molecule has 0 aliphatic carbocycles. The second kappa shape index (κ2) is 27.4. The molecule has 7 heteroatoms. The molecule has 0 rings (SSSR count). The summed E-state index contributed by atoms with van der Waals surface area (Å²) in [6.07, 6.45) is 25.8. The minimum absolute atomic E-state index is 0. The van der Waals surface area contributed by atoms with Crippen LogP contribution >= 0.6 is 0 Å². The molecule has 0 bridgehead atoms. The molecule has 0 aliphatic heterocycles. The molecule has 35 heavy (non-hydrogen) atoms. The Kier molecular flexibility index (Phi) is 29.4. The predicted molar refractivity (Wildman–Crippen MR) is 145 cm³/mol. The molecular weight excluding hydrogens is 471 g/mol. The minimum atomic E-state index is -4.15. The average molecular weight is 529 g/mol. The molecule has 0 amide bonds. The van der Waals surface area contributed by atoms with Crippen molar-refractivity contribution in [2.45, 2.75) is 168 Å². The summed E-state index contributed by atoms with van der Waals surface area (Å²) in [5, 5.41) is 0. The van der Waals surface area contributed by atoms with Crippen molar-refractivity contribution in [3.05, 3.63) is 0 Å². The minimum Gasteiger partial charge on any atom is -1.00 e. The molecule has 1 N–H and O–H groups in total. The molecular formula is C28H57NaO5S. The molecule has 5 nitrogen and oxygen atoms in total. The molecule has 0 saturated heterocycles. The van der Waals surface area contributed by atoms with Crippen molar-refractivity contribution in [2.75, 3.05) is 5.75 Å². The van der Waals surface area contributed by atoms with E-state index in [1.807, 2.05) is 0 Å². The van der Waals surface area contributed by atoms with E-state index in [9.17, 15) is 17.8 Å². The van der Waals surface area contributed by atoms with Gasteiger partial charge < -0.3 is 6.16 Å². The van der Waals surface area contributed by atoms with Gasteiger partial charge in [0.15, 0.2) is 0 Å². The maximum absolute atomic E-state index is 12.0. The normalized spacial score (nSPS) is 12.3. The summed E-state index contributed by atoms with van der Waals surface area (Å²) in [5.74, 6) is -0.838. The molecule has 0 fully saturated rings. The van der Waals surface area contributed by atoms with Crippen molar-refractivity contribution in [1.82, 2.24) is 0 Å². The van der Waals surface area contributed by atoms with E-state index in [4.69, 9.17) is 4.74 Å². The van der Waals surface area contributed by atoms with Crippen molar-refractivity contribution in [3.8, 4) is 0 Å². The second-order valence-corrected chi connectivity index (χ2v) is 11.6. The van der Waals surface area contributed by atoms with Gasteiger partial charge in [0.05, 0.1) is 0 Å². The van der Waals surface area contributed by atoms with E-state index >= 15 is 0 Å². The molecule has 0 aliphatic rings. The van der Waals surface area contributed by atoms with Gasteiger partial charge >= 0.3 is 35.5 Å². The zero-order valence-electron chi connectivity index (χ0n) is 24.5. The number of hydrogen-bond donors (Lipinski definition) is 1. The first-order chi connectivity index (χ1) is 16.4. The number of carbonyl (C=O) groups excluding carboxylic acids is 1. The van der Waals surface area contributed by atoms with Crippen LogP contribution < -0.4 is 29.6 Å². The van der Waals surface area contributed by atoms with Gasteiger partial charge in [0.2, 0.25) is 0 Å². The van der Waals surface area contributed by atoms with Crippen LogP contribution in [0.4, 0.5) is 0 Å². The third-order valence-electron chi connectivity index (χ3n) is 6.56. The van der Waals surface area contributed by atoms with Gasteiger partial charge in [0, 0.05) is 6.42 Å². The van der Waals surface area contributed by atoms with Gasteiger partial charge in [0.1, 0.15) is 11.9 Å². The first kappa shape index (κ1) is 37.5. The molecule has 206 valence electrons. The number of unbranched alkanes of at least 4 members (excludes halogenated alkanes) is 19. The van der Waals surface area contributed by atoms with E-state index in [1.165, 1.54) is 89.9 Å². The molecule has 1 atom stereocenters. The fourth-order valence-corrected chi connectivity index (χ4v) is 5.15. The number of esters is 1. The average Bonchev–Trinajstić information content (AvgIpc) is 2.77. The predicted octanol–water partition coefficient (Wildman–Crippen LogP) is 5.91. The van der Waals surface area contributed by atoms with Gasteiger partial charge in [-0.25, -0.2) is 0 Å². The largest absolute Gasteiger partial charge is 1.00 e. The molecule has 0 spiro atoms. The van der Waals surface area contributed by atoms with Crippen LogP contribution in [0.15, 0.2) is 0 Å². The SMILES string of the molecule is CCCCCCCCCCCCCCCCCCC(CS(=O)(=O)O)OC(=O)CCCCCCC.[H-].[Na+]. The van der Waals surface area contributed by atoms with Crippen LogP contribution in [0.5, 0.6) is 0 Å². The van der Waals surface area contributed by atoms with Crippen molar-refractivity contribution >= 4 is 16.1 Å². The first-order valence-electron chi connectivity index (χ1n) is 14.5. The Morgan fingerprint density at radius 2 is 1.00 bits per heavy atom. The Labute approximate surface area is 241 Å². The zero-order chi connectivity index (χ0) is 25.3. The molecule has 0 saturated carbocycles. The smallest absolute Gasteiger partial charge is 1.00 e. The Morgan fingerprint density at radius 1 is 0.657 bits per heavy atom. The number of ether oxygens (including phenoxy) is 1. The monoisotopic (exact) mass is 528 g/mol. The van der Waals surface area contributed by atoms with Crippen LogP contribution in [0.2, 0.25) is 0 Å². The summed E-state index contributed by atoms with van der Waals surface area (Å²) >= 11 is 0. The molecule has 0 heterocycles. The van der Waals surface area contributed by atoms with Gasteiger partial charge in [-0.3, -0.25) is 9.35 Å². The van der Waals surface area contributed by atoms with Crippen LogP contribution in [0.25, 0.3) is 0 Å². The van der Waals surface area contributed by atoms with Gasteiger partial charge in [0.25, 0.3) is 10.1 Å². The van der Waals surface area contributed by atoms with Gasteiger partial charge in [-0.1, -0.05) is 136 Å². The quantitative estimate of drug-likeness (QED) is 0.0653. The van der Waals surface area contributed by atoms with Crippen LogP contribution in [0.1, 0.15) is 163 Å². The fraction of sp³-hybridized carbons (Fsp3) is 0.964.